The molecule has 1 aliphatic heterocycles. The predicted molar refractivity (Wildman–Crippen MR) is 186 cm³/mol. The Labute approximate surface area is 286 Å². The van der Waals surface area contributed by atoms with E-state index in [1.54, 1.807) is 20.8 Å². The molecule has 13 heteroatoms. The number of amides is 2. The Morgan fingerprint density at radius 2 is 1.59 bits per heavy atom. The van der Waals surface area contributed by atoms with Crippen molar-refractivity contribution in [1.29, 1.82) is 0 Å². The minimum Gasteiger partial charge on any atom is -0.487 e. The second-order valence-electron chi connectivity index (χ2n) is 13.1. The summed E-state index contributed by atoms with van der Waals surface area (Å²) in [5.74, 6) is -0.459. The highest BCUT2D eigenvalue weighted by molar-refractivity contribution is 8.06. The van der Waals surface area contributed by atoms with Crippen LogP contribution < -0.4 is 26.8 Å². The molecule has 6 N–H and O–H groups in total. The standard InChI is InChI=1S/C36H43N5O7S/c1-20-21(2)32(22(3)27-17-36(4,5)48-31(20)27)49(45,46)33(43)29(15-10-16-39-34(37)38)41-30(42)18-40-35(44)47-19-28-25-13-8-6-11-23(25)24-12-7-9-14-26(24)28/h6-9,11-14,28-29H,10,15-19H2,1-5H3,(H,40,44)(H,41,42)(H4,37,38,39)/t29-/m0/s1. The molecule has 0 radical (unpaired) electrons. The van der Waals surface area contributed by atoms with Crippen molar-refractivity contribution < 1.29 is 32.3 Å². The summed E-state index contributed by atoms with van der Waals surface area (Å²) in [6, 6.07) is 14.4. The molecule has 1 heterocycles. The lowest BCUT2D eigenvalue weighted by atomic mass is 9.94. The second-order valence-corrected chi connectivity index (χ2v) is 14.9. The summed E-state index contributed by atoms with van der Waals surface area (Å²) in [5.41, 5.74) is 16.8. The highest BCUT2D eigenvalue weighted by atomic mass is 32.2. The van der Waals surface area contributed by atoms with Crippen molar-refractivity contribution >= 4 is 32.9 Å². The molecule has 49 heavy (non-hydrogen) atoms. The van der Waals surface area contributed by atoms with Crippen molar-refractivity contribution in [1.82, 2.24) is 10.6 Å². The van der Waals surface area contributed by atoms with Crippen LogP contribution in [0.2, 0.25) is 0 Å². The number of aliphatic imine (C=N–C) groups is 1. The lowest BCUT2D eigenvalue weighted by molar-refractivity contribution is -0.124. The highest BCUT2D eigenvalue weighted by Gasteiger charge is 2.40. The molecule has 0 unspecified atom stereocenters. The van der Waals surface area contributed by atoms with Gasteiger partial charge in [0.05, 0.1) is 4.90 Å². The normalized spacial score (nSPS) is 14.9. The number of alkyl carbamates (subject to hydrolysis) is 1. The van der Waals surface area contributed by atoms with E-state index < -0.39 is 45.1 Å². The number of nitrogens with two attached hydrogens (primary N) is 2. The maximum Gasteiger partial charge on any atom is 0.407 e. The van der Waals surface area contributed by atoms with Crippen LogP contribution in [-0.4, -0.2) is 62.8 Å². The van der Waals surface area contributed by atoms with Gasteiger partial charge < -0.3 is 31.6 Å². The van der Waals surface area contributed by atoms with Crippen LogP contribution in [0.1, 0.15) is 66.0 Å². The van der Waals surface area contributed by atoms with Gasteiger partial charge in [0, 0.05) is 24.4 Å². The van der Waals surface area contributed by atoms with Gasteiger partial charge in [0.15, 0.2) is 5.96 Å². The smallest absolute Gasteiger partial charge is 0.407 e. The van der Waals surface area contributed by atoms with Crippen molar-refractivity contribution in [2.75, 3.05) is 19.7 Å². The average Bonchev–Trinajstić information content (AvgIpc) is 3.56. The summed E-state index contributed by atoms with van der Waals surface area (Å²) in [7, 11) is -4.58. The quantitative estimate of drug-likeness (QED) is 0.132. The van der Waals surface area contributed by atoms with Gasteiger partial charge in [0.1, 0.15) is 30.5 Å². The number of fused-ring (bicyclic) bond motifs is 4. The molecule has 3 aromatic carbocycles. The fourth-order valence-electron chi connectivity index (χ4n) is 6.74. The highest BCUT2D eigenvalue weighted by Crippen LogP contribution is 2.45. The van der Waals surface area contributed by atoms with Gasteiger partial charge in [-0.3, -0.25) is 14.6 Å². The molecule has 1 aliphatic carbocycles. The Balaban J connectivity index is 1.27. The molecule has 2 amide bonds. The Hall–Kier alpha value is -4.91. The Morgan fingerprint density at radius 1 is 0.980 bits per heavy atom. The zero-order chi connectivity index (χ0) is 35.7. The molecule has 0 bridgehead atoms. The molecule has 260 valence electrons. The maximum atomic E-state index is 14.0. The second kappa shape index (κ2) is 13.9. The third-order valence-corrected chi connectivity index (χ3v) is 11.1. The monoisotopic (exact) mass is 689 g/mol. The van der Waals surface area contributed by atoms with Crippen LogP contribution in [0.4, 0.5) is 4.79 Å². The van der Waals surface area contributed by atoms with E-state index in [9.17, 15) is 22.8 Å². The van der Waals surface area contributed by atoms with Crippen molar-refractivity contribution in [2.45, 2.75) is 76.3 Å². The molecule has 0 saturated heterocycles. The van der Waals surface area contributed by atoms with Gasteiger partial charge in [-0.25, -0.2) is 13.2 Å². The zero-order valence-corrected chi connectivity index (χ0v) is 29.2. The molecule has 3 aromatic rings. The molecule has 12 nitrogen and oxygen atoms in total. The fourth-order valence-corrected chi connectivity index (χ4v) is 8.57. The van der Waals surface area contributed by atoms with E-state index >= 15 is 0 Å². The lowest BCUT2D eigenvalue weighted by Crippen LogP contribution is -2.47. The van der Waals surface area contributed by atoms with Gasteiger partial charge >= 0.3 is 6.09 Å². The van der Waals surface area contributed by atoms with Crippen LogP contribution in [0.15, 0.2) is 58.4 Å². The Kier molecular flexibility index (Phi) is 10.0. The first-order valence-corrected chi connectivity index (χ1v) is 17.6. The van der Waals surface area contributed by atoms with E-state index in [0.29, 0.717) is 28.9 Å². The average molecular weight is 690 g/mol. The van der Waals surface area contributed by atoms with Crippen molar-refractivity contribution in [3.8, 4) is 16.9 Å². The number of rotatable bonds is 11. The lowest BCUT2D eigenvalue weighted by Gasteiger charge is -2.21. The summed E-state index contributed by atoms with van der Waals surface area (Å²) >= 11 is 0. The first-order valence-electron chi connectivity index (χ1n) is 16.2. The van der Waals surface area contributed by atoms with Gasteiger partial charge in [-0.2, -0.15) is 0 Å². The molecular formula is C36H43N5O7S. The molecule has 0 fully saturated rings. The number of hydrogen-bond acceptors (Lipinski definition) is 8. The third kappa shape index (κ3) is 7.26. The molecule has 0 saturated carbocycles. The number of guanidine groups is 1. The number of sulfone groups is 1. The summed E-state index contributed by atoms with van der Waals surface area (Å²) < 4.78 is 39.6. The SMILES string of the molecule is Cc1c(C)c(S(=O)(=O)C(=O)[C@H](CCCN=C(N)N)NC(=O)CNC(=O)OCC2c3ccccc3-c3ccccc32)c(C)c2c1OC(C)(C)C2. The molecule has 0 aromatic heterocycles. The van der Waals surface area contributed by atoms with E-state index in [1.165, 1.54) is 0 Å². The summed E-state index contributed by atoms with van der Waals surface area (Å²) in [4.78, 5) is 43.4. The minimum atomic E-state index is -4.58. The fraction of sp³-hybridized carbons (Fsp3) is 0.389. The van der Waals surface area contributed by atoms with Crippen LogP contribution in [0, 0.1) is 20.8 Å². The summed E-state index contributed by atoms with van der Waals surface area (Å²) in [6.07, 6.45) is -0.214. The number of carbonyl (C=O) groups is 3. The minimum absolute atomic E-state index is 0.0484. The molecule has 0 spiro atoms. The van der Waals surface area contributed by atoms with Gasteiger partial charge in [-0.1, -0.05) is 48.5 Å². The van der Waals surface area contributed by atoms with Gasteiger partial charge in [0.25, 0.3) is 5.12 Å². The van der Waals surface area contributed by atoms with Gasteiger partial charge in [0.2, 0.25) is 15.7 Å². The molecule has 1 atom stereocenters. The van der Waals surface area contributed by atoms with Crippen molar-refractivity contribution in [3.05, 3.63) is 81.9 Å². The first-order chi connectivity index (χ1) is 23.1. The van der Waals surface area contributed by atoms with Gasteiger partial charge in [-0.05, 0) is 86.4 Å². The van der Waals surface area contributed by atoms with E-state index in [-0.39, 0.29) is 42.8 Å². The number of carbonyl (C=O) groups excluding carboxylic acids is 3. The topological polar surface area (TPSA) is 192 Å². The van der Waals surface area contributed by atoms with Crippen LogP contribution in [-0.2, 0) is 30.6 Å². The van der Waals surface area contributed by atoms with E-state index in [4.69, 9.17) is 20.9 Å². The molecular weight excluding hydrogens is 646 g/mol. The van der Waals surface area contributed by atoms with Crippen LogP contribution >= 0.6 is 0 Å². The van der Waals surface area contributed by atoms with E-state index in [2.05, 4.69) is 15.6 Å². The predicted octanol–water partition coefficient (Wildman–Crippen LogP) is 3.70. The number of hydrogen-bond donors (Lipinski definition) is 4. The Morgan fingerprint density at radius 3 is 2.20 bits per heavy atom. The van der Waals surface area contributed by atoms with Crippen LogP contribution in [0.3, 0.4) is 0 Å². The summed E-state index contributed by atoms with van der Waals surface area (Å²) in [6.45, 7) is 8.52. The first kappa shape index (κ1) is 35.4. The van der Waals surface area contributed by atoms with Crippen LogP contribution in [0.5, 0.6) is 5.75 Å². The van der Waals surface area contributed by atoms with Gasteiger partial charge in [-0.15, -0.1) is 0 Å². The Bertz CT molecular complexity index is 1910. The number of ether oxygens (including phenoxy) is 2. The van der Waals surface area contributed by atoms with Crippen molar-refractivity contribution in [2.24, 2.45) is 16.5 Å². The molecule has 5 rings (SSSR count). The summed E-state index contributed by atoms with van der Waals surface area (Å²) in [5, 5.41) is 3.74. The molecule has 2 aliphatic rings. The van der Waals surface area contributed by atoms with E-state index in [0.717, 1.165) is 27.8 Å². The maximum absolute atomic E-state index is 14.0. The van der Waals surface area contributed by atoms with Crippen molar-refractivity contribution in [3.63, 3.8) is 0 Å². The van der Waals surface area contributed by atoms with Crippen LogP contribution in [0.25, 0.3) is 11.1 Å². The number of nitrogens with one attached hydrogen (secondary N) is 2. The van der Waals surface area contributed by atoms with E-state index in [1.807, 2.05) is 62.4 Å². The number of benzene rings is 3. The third-order valence-electron chi connectivity index (χ3n) is 9.13. The zero-order valence-electron chi connectivity index (χ0n) is 28.4. The number of nitrogens with zero attached hydrogens (tertiary/aromatic N) is 1. The largest absolute Gasteiger partial charge is 0.487 e.